The Labute approximate surface area is 178 Å². The van der Waals surface area contributed by atoms with Crippen LogP contribution >= 0.6 is 0 Å². The van der Waals surface area contributed by atoms with Gasteiger partial charge in [0.1, 0.15) is 0 Å². The summed E-state index contributed by atoms with van der Waals surface area (Å²) in [7, 11) is 0. The maximum Gasteiger partial charge on any atom is 0.159 e. The molecule has 4 aliphatic carbocycles. The summed E-state index contributed by atoms with van der Waals surface area (Å²) < 4.78 is 0. The van der Waals surface area contributed by atoms with Gasteiger partial charge in [0.15, 0.2) is 5.78 Å². The van der Waals surface area contributed by atoms with Crippen LogP contribution in [0.2, 0.25) is 0 Å². The van der Waals surface area contributed by atoms with E-state index in [1.165, 1.54) is 49.7 Å². The number of carbonyl (C=O) groups excluding carboxylic acids is 1. The molecular formula is C27H42O2. The highest BCUT2D eigenvalue weighted by atomic mass is 16.3. The second kappa shape index (κ2) is 7.66. The van der Waals surface area contributed by atoms with E-state index in [0.29, 0.717) is 23.0 Å². The zero-order valence-corrected chi connectivity index (χ0v) is 19.3. The molecule has 0 aromatic heterocycles. The third-order valence-electron chi connectivity index (χ3n) is 9.85. The molecule has 3 fully saturated rings. The quantitative estimate of drug-likeness (QED) is 0.550. The normalized spacial score (nSPS) is 45.0. The smallest absolute Gasteiger partial charge is 0.159 e. The Hall–Kier alpha value is -0.890. The highest BCUT2D eigenvalue weighted by Gasteiger charge is 2.61. The van der Waals surface area contributed by atoms with Crippen LogP contribution in [-0.4, -0.2) is 17.0 Å². The summed E-state index contributed by atoms with van der Waals surface area (Å²) in [5.41, 5.74) is 3.16. The van der Waals surface area contributed by atoms with Gasteiger partial charge in [-0.15, -0.1) is 0 Å². The van der Waals surface area contributed by atoms with Gasteiger partial charge in [-0.2, -0.15) is 0 Å². The molecule has 0 spiro atoms. The number of rotatable bonds is 4. The van der Waals surface area contributed by atoms with Crippen LogP contribution in [0.3, 0.4) is 0 Å². The summed E-state index contributed by atoms with van der Waals surface area (Å²) >= 11 is 0. The van der Waals surface area contributed by atoms with Gasteiger partial charge >= 0.3 is 0 Å². The summed E-state index contributed by atoms with van der Waals surface area (Å²) in [6, 6.07) is 0. The second-order valence-electron chi connectivity index (χ2n) is 11.7. The Morgan fingerprint density at radius 3 is 2.66 bits per heavy atom. The van der Waals surface area contributed by atoms with Crippen molar-refractivity contribution < 1.29 is 9.90 Å². The first kappa shape index (κ1) is 21.3. The van der Waals surface area contributed by atoms with E-state index in [2.05, 4.69) is 40.7 Å². The molecule has 2 heteroatoms. The molecule has 4 aliphatic rings. The second-order valence-corrected chi connectivity index (χ2v) is 11.7. The van der Waals surface area contributed by atoms with Gasteiger partial charge < -0.3 is 5.11 Å². The monoisotopic (exact) mass is 398 g/mol. The zero-order chi connectivity index (χ0) is 21.0. The van der Waals surface area contributed by atoms with Gasteiger partial charge in [-0.05, 0) is 112 Å². The fourth-order valence-electron chi connectivity index (χ4n) is 8.19. The minimum atomic E-state index is -0.245. The summed E-state index contributed by atoms with van der Waals surface area (Å²) in [6.45, 7) is 11.8. The Kier molecular flexibility index (Phi) is 5.64. The average molecular weight is 399 g/mol. The molecule has 162 valence electrons. The van der Waals surface area contributed by atoms with E-state index in [1.54, 1.807) is 0 Å². The molecule has 0 bridgehead atoms. The Bertz CT molecular complexity index is 714. The van der Waals surface area contributed by atoms with E-state index in [0.717, 1.165) is 31.1 Å². The maximum atomic E-state index is 13.4. The van der Waals surface area contributed by atoms with Crippen molar-refractivity contribution in [2.45, 2.75) is 98.5 Å². The van der Waals surface area contributed by atoms with E-state index in [4.69, 9.17) is 0 Å². The van der Waals surface area contributed by atoms with E-state index >= 15 is 0 Å². The maximum absolute atomic E-state index is 13.4. The van der Waals surface area contributed by atoms with E-state index in [9.17, 15) is 9.90 Å². The van der Waals surface area contributed by atoms with Gasteiger partial charge in [0.05, 0.1) is 6.10 Å². The van der Waals surface area contributed by atoms with Crippen LogP contribution in [-0.2, 0) is 4.79 Å². The molecule has 0 amide bonds. The van der Waals surface area contributed by atoms with E-state index in [-0.39, 0.29) is 17.4 Å². The third kappa shape index (κ3) is 3.48. The number of hydrogen-bond acceptors (Lipinski definition) is 2. The van der Waals surface area contributed by atoms with Crippen molar-refractivity contribution in [1.29, 1.82) is 0 Å². The first-order valence-corrected chi connectivity index (χ1v) is 12.2. The van der Waals surface area contributed by atoms with Crippen molar-refractivity contribution in [2.24, 2.45) is 40.4 Å². The minimum Gasteiger partial charge on any atom is -0.393 e. The summed E-state index contributed by atoms with van der Waals surface area (Å²) in [5, 5.41) is 10.2. The molecule has 1 N–H and O–H groups in total. The molecule has 0 radical (unpaired) electrons. The van der Waals surface area contributed by atoms with Gasteiger partial charge in [-0.1, -0.05) is 38.0 Å². The Morgan fingerprint density at radius 1 is 1.17 bits per heavy atom. The van der Waals surface area contributed by atoms with Crippen molar-refractivity contribution >= 4 is 5.78 Å². The lowest BCUT2D eigenvalue weighted by molar-refractivity contribution is -0.135. The van der Waals surface area contributed by atoms with Crippen molar-refractivity contribution in [3.05, 3.63) is 23.3 Å². The van der Waals surface area contributed by atoms with Crippen molar-refractivity contribution in [3.8, 4) is 0 Å². The van der Waals surface area contributed by atoms with Crippen LogP contribution in [0.15, 0.2) is 23.3 Å². The van der Waals surface area contributed by atoms with Crippen LogP contribution < -0.4 is 0 Å². The highest BCUT2D eigenvalue weighted by Crippen LogP contribution is 2.66. The number of ketones is 1. The topological polar surface area (TPSA) is 37.3 Å². The van der Waals surface area contributed by atoms with Gasteiger partial charge in [-0.25, -0.2) is 0 Å². The number of allylic oxidation sites excluding steroid dienone is 3. The number of aliphatic hydroxyl groups is 1. The molecule has 0 aliphatic heterocycles. The van der Waals surface area contributed by atoms with Gasteiger partial charge in [-0.3, -0.25) is 4.79 Å². The zero-order valence-electron chi connectivity index (χ0n) is 19.3. The summed E-state index contributed by atoms with van der Waals surface area (Å²) in [4.78, 5) is 13.4. The average Bonchev–Trinajstić information content (AvgIpc) is 3.00. The molecule has 0 heterocycles. The molecule has 3 saturated carbocycles. The summed E-state index contributed by atoms with van der Waals surface area (Å²) in [5.74, 6) is 3.19. The summed E-state index contributed by atoms with van der Waals surface area (Å²) in [6.07, 6.45) is 14.3. The van der Waals surface area contributed by atoms with Crippen LogP contribution in [0.4, 0.5) is 0 Å². The largest absolute Gasteiger partial charge is 0.393 e. The minimum absolute atomic E-state index is 0.145. The highest BCUT2D eigenvalue weighted by molar-refractivity contribution is 5.94. The number of aliphatic hydroxyl groups excluding tert-OH is 1. The first-order chi connectivity index (χ1) is 13.7. The van der Waals surface area contributed by atoms with Crippen LogP contribution in [0, 0.1) is 40.4 Å². The molecular weight excluding hydrogens is 356 g/mol. The number of hydrogen-bond donors (Lipinski definition) is 1. The first-order valence-electron chi connectivity index (χ1n) is 12.2. The van der Waals surface area contributed by atoms with Gasteiger partial charge in [0, 0.05) is 5.92 Å². The number of fused-ring (bicyclic) bond motifs is 5. The molecule has 0 aromatic carbocycles. The molecule has 4 rings (SSSR count). The van der Waals surface area contributed by atoms with E-state index < -0.39 is 0 Å². The molecule has 8 atom stereocenters. The fourth-order valence-corrected chi connectivity index (χ4v) is 8.19. The third-order valence-corrected chi connectivity index (χ3v) is 9.85. The Balaban J connectivity index is 1.57. The molecule has 0 saturated heterocycles. The Morgan fingerprint density at radius 2 is 1.93 bits per heavy atom. The van der Waals surface area contributed by atoms with Crippen molar-refractivity contribution in [1.82, 2.24) is 0 Å². The fraction of sp³-hybridized carbons (Fsp3) is 0.815. The van der Waals surface area contributed by atoms with Crippen LogP contribution in [0.1, 0.15) is 92.4 Å². The van der Waals surface area contributed by atoms with Crippen molar-refractivity contribution in [2.75, 3.05) is 0 Å². The van der Waals surface area contributed by atoms with E-state index in [1.807, 2.05) is 6.08 Å². The predicted molar refractivity (Wildman–Crippen MR) is 119 cm³/mol. The molecule has 0 aromatic rings. The van der Waals surface area contributed by atoms with Crippen LogP contribution in [0.5, 0.6) is 0 Å². The molecule has 2 nitrogen and oxygen atoms in total. The van der Waals surface area contributed by atoms with Gasteiger partial charge in [0.2, 0.25) is 0 Å². The lowest BCUT2D eigenvalue weighted by atomic mass is 9.46. The lowest BCUT2D eigenvalue weighted by Crippen LogP contribution is -2.53. The standard InChI is InChI=1S/C27H42O2/c1-17(2)7-6-8-18(3)21-9-10-22-25-23(12-14-27(21,22)5)26(4)13-11-20(28)15-19(26)16-24(25)29/h7,16,18,20-23,25,28H,6,8-15H2,1-5H3/t18-,20-,21-,22+,23+,25+,26+,27-/m1/s1. The molecule has 0 unspecified atom stereocenters. The van der Waals surface area contributed by atoms with Crippen molar-refractivity contribution in [3.63, 3.8) is 0 Å². The van der Waals surface area contributed by atoms with Crippen LogP contribution in [0.25, 0.3) is 0 Å². The number of carbonyl (C=O) groups is 1. The SMILES string of the molecule is CC(C)=CCC[C@@H](C)[C@H]1CC[C@H]2[C@@H]3C(=O)C=C4C[C@H](O)CC[C@]4(C)[C@H]3CC[C@]12C. The van der Waals surface area contributed by atoms with Gasteiger partial charge in [0.25, 0.3) is 0 Å². The predicted octanol–water partition coefficient (Wildman–Crippen LogP) is 6.49. The molecule has 29 heavy (non-hydrogen) atoms. The lowest BCUT2D eigenvalue weighted by Gasteiger charge is -2.57.